The van der Waals surface area contributed by atoms with Gasteiger partial charge in [0.05, 0.1) is 18.4 Å². The number of hydrogen-bond donors (Lipinski definition) is 1. The Hall–Kier alpha value is -3.29. The molecule has 1 aromatic carbocycles. The minimum atomic E-state index is -0.567. The zero-order chi connectivity index (χ0) is 17.2. The van der Waals surface area contributed by atoms with E-state index in [-0.39, 0.29) is 11.7 Å². The largest absolute Gasteiger partial charge is 0.322 e. The van der Waals surface area contributed by atoms with Crippen molar-refractivity contribution in [1.82, 2.24) is 24.6 Å². The maximum Gasteiger partial charge on any atom is 0.322 e. The van der Waals surface area contributed by atoms with E-state index in [1.807, 2.05) is 34.9 Å². The molecule has 2 amide bonds. The summed E-state index contributed by atoms with van der Waals surface area (Å²) in [5.41, 5.74) is 1.09. The Labute approximate surface area is 143 Å². The second-order valence-electron chi connectivity index (χ2n) is 5.66. The fourth-order valence-corrected chi connectivity index (χ4v) is 2.80. The van der Waals surface area contributed by atoms with Crippen molar-refractivity contribution in [2.24, 2.45) is 0 Å². The summed E-state index contributed by atoms with van der Waals surface area (Å²) in [5, 5.41) is 11.0. The van der Waals surface area contributed by atoms with Gasteiger partial charge in [-0.15, -0.1) is 10.2 Å². The lowest BCUT2D eigenvalue weighted by Crippen LogP contribution is -2.41. The first-order valence-electron chi connectivity index (χ1n) is 7.85. The molecule has 1 N–H and O–H groups in total. The van der Waals surface area contributed by atoms with Crippen molar-refractivity contribution in [2.75, 3.05) is 11.9 Å². The normalized spacial score (nSPS) is 13.4. The van der Waals surface area contributed by atoms with Gasteiger partial charge in [-0.05, 0) is 6.07 Å². The molecule has 8 heteroatoms. The van der Waals surface area contributed by atoms with Crippen LogP contribution in [-0.4, -0.2) is 37.2 Å². The van der Waals surface area contributed by atoms with Gasteiger partial charge in [-0.2, -0.15) is 0 Å². The fraction of sp³-hybridized carbons (Fsp3) is 0.176. The molecule has 3 aromatic rings. The Kier molecular flexibility index (Phi) is 3.85. The van der Waals surface area contributed by atoms with Crippen LogP contribution in [0.15, 0.2) is 48.8 Å². The first-order chi connectivity index (χ1) is 12.2. The number of hydrogen-bond acceptors (Lipinski definition) is 4. The van der Waals surface area contributed by atoms with Gasteiger partial charge in [0.25, 0.3) is 0 Å². The van der Waals surface area contributed by atoms with Crippen LogP contribution in [0.25, 0.3) is 11.4 Å². The molecule has 0 unspecified atom stereocenters. The Morgan fingerprint density at radius 1 is 1.12 bits per heavy atom. The highest BCUT2D eigenvalue weighted by Crippen LogP contribution is 2.22. The molecule has 0 saturated heterocycles. The molecular weight excluding hydrogens is 323 g/mol. The predicted octanol–water partition coefficient (Wildman–Crippen LogP) is 2.53. The maximum absolute atomic E-state index is 13.6. The number of aromatic nitrogens is 4. The van der Waals surface area contributed by atoms with Crippen molar-refractivity contribution in [3.8, 4) is 11.4 Å². The van der Waals surface area contributed by atoms with Crippen LogP contribution in [0.1, 0.15) is 5.82 Å². The van der Waals surface area contributed by atoms with Gasteiger partial charge >= 0.3 is 6.03 Å². The molecule has 0 saturated carbocycles. The van der Waals surface area contributed by atoms with Gasteiger partial charge in [-0.25, -0.2) is 9.18 Å². The minimum absolute atomic E-state index is 0.108. The van der Waals surface area contributed by atoms with Gasteiger partial charge in [0, 0.05) is 24.8 Å². The predicted molar refractivity (Wildman–Crippen MR) is 89.1 cm³/mol. The number of anilines is 1. The van der Waals surface area contributed by atoms with E-state index in [9.17, 15) is 9.18 Å². The number of fused-ring (bicyclic) bond motifs is 1. The summed E-state index contributed by atoms with van der Waals surface area (Å²) >= 11 is 0. The van der Waals surface area contributed by atoms with Crippen LogP contribution in [-0.2, 0) is 13.1 Å². The summed E-state index contributed by atoms with van der Waals surface area (Å²) in [6.07, 6.45) is 2.49. The number of urea groups is 1. The molecule has 126 valence electrons. The zero-order valence-electron chi connectivity index (χ0n) is 13.3. The van der Waals surface area contributed by atoms with E-state index in [4.69, 9.17) is 0 Å². The number of amides is 2. The molecule has 4 rings (SSSR count). The van der Waals surface area contributed by atoms with Gasteiger partial charge in [0.1, 0.15) is 0 Å². The van der Waals surface area contributed by atoms with E-state index < -0.39 is 5.82 Å². The van der Waals surface area contributed by atoms with Crippen LogP contribution in [0.5, 0.6) is 0 Å². The molecule has 1 aliphatic rings. The number of carbonyl (C=O) groups excluding carboxylic acids is 1. The van der Waals surface area contributed by atoms with Crippen LogP contribution in [0.3, 0.4) is 0 Å². The van der Waals surface area contributed by atoms with Gasteiger partial charge in [-0.3, -0.25) is 4.98 Å². The van der Waals surface area contributed by atoms with E-state index in [1.54, 1.807) is 4.90 Å². The van der Waals surface area contributed by atoms with E-state index in [1.165, 1.54) is 12.3 Å². The number of halogens is 1. The second-order valence-corrected chi connectivity index (χ2v) is 5.66. The number of nitrogens with one attached hydrogen (secondary N) is 1. The van der Waals surface area contributed by atoms with Crippen molar-refractivity contribution in [1.29, 1.82) is 0 Å². The summed E-state index contributed by atoms with van der Waals surface area (Å²) in [4.78, 5) is 17.6. The Bertz CT molecular complexity index is 911. The quantitative estimate of drug-likeness (QED) is 0.779. The third-order valence-electron chi connectivity index (χ3n) is 4.09. The average Bonchev–Trinajstić information content (AvgIpc) is 3.07. The average molecular weight is 338 g/mol. The van der Waals surface area contributed by atoms with Gasteiger partial charge in [0.15, 0.2) is 17.5 Å². The number of benzene rings is 1. The first kappa shape index (κ1) is 15.3. The molecule has 1 aliphatic heterocycles. The summed E-state index contributed by atoms with van der Waals surface area (Å²) < 4.78 is 15.6. The molecule has 2 aromatic heterocycles. The highest BCUT2D eigenvalue weighted by atomic mass is 19.1. The zero-order valence-corrected chi connectivity index (χ0v) is 13.3. The molecule has 0 spiro atoms. The van der Waals surface area contributed by atoms with Gasteiger partial charge in [-0.1, -0.05) is 30.3 Å². The number of rotatable bonds is 2. The van der Waals surface area contributed by atoms with Crippen molar-refractivity contribution < 1.29 is 9.18 Å². The topological polar surface area (TPSA) is 75.9 Å². The first-order valence-corrected chi connectivity index (χ1v) is 7.85. The highest BCUT2D eigenvalue weighted by molar-refractivity contribution is 5.89. The lowest BCUT2D eigenvalue weighted by Gasteiger charge is -2.28. The molecule has 0 bridgehead atoms. The van der Waals surface area contributed by atoms with Crippen molar-refractivity contribution in [3.05, 3.63) is 60.4 Å². The lowest BCUT2D eigenvalue weighted by molar-refractivity contribution is 0.196. The monoisotopic (exact) mass is 338 g/mol. The van der Waals surface area contributed by atoms with Gasteiger partial charge < -0.3 is 14.8 Å². The maximum atomic E-state index is 13.6. The van der Waals surface area contributed by atoms with Crippen LogP contribution < -0.4 is 5.32 Å². The standard InChI is InChI=1S/C17H15FN6O/c18-13-10-19-7-6-14(13)20-17(25)23-8-9-24-15(11-23)21-22-16(24)12-4-2-1-3-5-12/h1-7,10H,8-9,11H2,(H,19,20,25). The van der Waals surface area contributed by atoms with Crippen LogP contribution in [0.2, 0.25) is 0 Å². The molecule has 0 fully saturated rings. The smallest absolute Gasteiger partial charge is 0.315 e. The summed E-state index contributed by atoms with van der Waals surface area (Å²) in [6, 6.07) is 10.8. The van der Waals surface area contributed by atoms with E-state index in [2.05, 4.69) is 20.5 Å². The molecular formula is C17H15FN6O. The molecule has 3 heterocycles. The third-order valence-corrected chi connectivity index (χ3v) is 4.09. The number of pyridine rings is 1. The van der Waals surface area contributed by atoms with Crippen LogP contribution >= 0.6 is 0 Å². The van der Waals surface area contributed by atoms with Crippen LogP contribution in [0.4, 0.5) is 14.9 Å². The SMILES string of the molecule is O=C(Nc1ccncc1F)N1CCn2c(nnc2-c2ccccc2)C1. The highest BCUT2D eigenvalue weighted by Gasteiger charge is 2.25. The molecule has 0 atom stereocenters. The minimum Gasteiger partial charge on any atom is -0.315 e. The molecule has 0 aliphatic carbocycles. The van der Waals surface area contributed by atoms with Gasteiger partial charge in [0.2, 0.25) is 0 Å². The Morgan fingerprint density at radius 3 is 2.76 bits per heavy atom. The van der Waals surface area contributed by atoms with Crippen LogP contribution in [0, 0.1) is 5.82 Å². The van der Waals surface area contributed by atoms with Crippen molar-refractivity contribution in [2.45, 2.75) is 13.1 Å². The van der Waals surface area contributed by atoms with E-state index in [0.29, 0.717) is 25.5 Å². The Balaban J connectivity index is 1.51. The lowest BCUT2D eigenvalue weighted by atomic mass is 10.2. The summed E-state index contributed by atoms with van der Waals surface area (Å²) in [6.45, 7) is 1.39. The van der Waals surface area contributed by atoms with E-state index >= 15 is 0 Å². The van der Waals surface area contributed by atoms with Crippen molar-refractivity contribution in [3.63, 3.8) is 0 Å². The number of carbonyl (C=O) groups is 1. The second kappa shape index (κ2) is 6.31. The fourth-order valence-electron chi connectivity index (χ4n) is 2.80. The summed E-state index contributed by atoms with van der Waals surface area (Å²) in [5.74, 6) is 0.925. The Morgan fingerprint density at radius 2 is 1.96 bits per heavy atom. The third kappa shape index (κ3) is 2.93. The molecule has 25 heavy (non-hydrogen) atoms. The molecule has 7 nitrogen and oxygen atoms in total. The molecule has 0 radical (unpaired) electrons. The van der Waals surface area contributed by atoms with Crippen molar-refractivity contribution >= 4 is 11.7 Å². The van der Waals surface area contributed by atoms with E-state index in [0.717, 1.165) is 17.6 Å². The number of nitrogens with zero attached hydrogens (tertiary/aromatic N) is 5. The summed E-state index contributed by atoms with van der Waals surface area (Å²) in [7, 11) is 0.